The van der Waals surface area contributed by atoms with E-state index in [9.17, 15) is 18.4 Å². The van der Waals surface area contributed by atoms with Crippen LogP contribution in [0.15, 0.2) is 48.5 Å². The highest BCUT2D eigenvalue weighted by Gasteiger charge is 2.27. The molecule has 0 saturated carbocycles. The van der Waals surface area contributed by atoms with Crippen LogP contribution in [-0.2, 0) is 16.1 Å². The SMILES string of the molecule is CC[C@H](C)NC(=O)[C@@H](C)N(Cc1ccccc1F)C(=O)COc1ccc(F)cc1. The van der Waals surface area contributed by atoms with Crippen LogP contribution < -0.4 is 10.1 Å². The molecule has 0 spiro atoms. The number of nitrogens with zero attached hydrogens (tertiary/aromatic N) is 1. The van der Waals surface area contributed by atoms with Crippen molar-refractivity contribution in [3.8, 4) is 5.75 Å². The van der Waals surface area contributed by atoms with Crippen molar-refractivity contribution < 1.29 is 23.1 Å². The molecule has 0 aliphatic heterocycles. The van der Waals surface area contributed by atoms with Crippen LogP contribution in [0.2, 0.25) is 0 Å². The van der Waals surface area contributed by atoms with Crippen molar-refractivity contribution in [2.24, 2.45) is 0 Å². The lowest BCUT2D eigenvalue weighted by atomic mass is 10.1. The van der Waals surface area contributed by atoms with Crippen LogP contribution in [0.3, 0.4) is 0 Å². The fourth-order valence-corrected chi connectivity index (χ4v) is 2.62. The van der Waals surface area contributed by atoms with E-state index in [0.717, 1.165) is 6.42 Å². The molecular formula is C22H26F2N2O3. The summed E-state index contributed by atoms with van der Waals surface area (Å²) in [6.07, 6.45) is 0.743. The lowest BCUT2D eigenvalue weighted by Gasteiger charge is -2.29. The zero-order valence-electron chi connectivity index (χ0n) is 16.8. The Kier molecular flexibility index (Phi) is 8.12. The lowest BCUT2D eigenvalue weighted by molar-refractivity contribution is -0.142. The summed E-state index contributed by atoms with van der Waals surface area (Å²) in [5.41, 5.74) is 0.297. The summed E-state index contributed by atoms with van der Waals surface area (Å²) in [5.74, 6) is -1.36. The van der Waals surface area contributed by atoms with E-state index >= 15 is 0 Å². The molecule has 0 fully saturated rings. The van der Waals surface area contributed by atoms with Crippen LogP contribution in [0.25, 0.3) is 0 Å². The number of hydrogen-bond donors (Lipinski definition) is 1. The third kappa shape index (κ3) is 6.55. The predicted molar refractivity (Wildman–Crippen MR) is 106 cm³/mol. The van der Waals surface area contributed by atoms with E-state index in [2.05, 4.69) is 5.32 Å². The summed E-state index contributed by atoms with van der Waals surface area (Å²) in [4.78, 5) is 26.7. The number of halogens is 2. The highest BCUT2D eigenvalue weighted by Crippen LogP contribution is 2.15. The first-order valence-electron chi connectivity index (χ1n) is 9.53. The molecule has 0 aliphatic rings. The first kappa shape index (κ1) is 22.3. The van der Waals surface area contributed by atoms with Gasteiger partial charge in [0, 0.05) is 18.2 Å². The van der Waals surface area contributed by atoms with Crippen LogP contribution in [0, 0.1) is 11.6 Å². The number of carbonyl (C=O) groups excluding carboxylic acids is 2. The number of hydrogen-bond acceptors (Lipinski definition) is 3. The van der Waals surface area contributed by atoms with Gasteiger partial charge in [-0.3, -0.25) is 9.59 Å². The van der Waals surface area contributed by atoms with E-state index in [1.165, 1.54) is 35.2 Å². The van der Waals surface area contributed by atoms with E-state index in [1.807, 2.05) is 13.8 Å². The standard InChI is InChI=1S/C22H26F2N2O3/c1-4-15(2)25-22(28)16(3)26(13-17-7-5-6-8-20(17)24)21(27)14-29-19-11-9-18(23)10-12-19/h5-12,15-16H,4,13-14H2,1-3H3,(H,25,28)/t15-,16+/m0/s1. The van der Waals surface area contributed by atoms with E-state index in [-0.39, 0.29) is 25.1 Å². The van der Waals surface area contributed by atoms with E-state index in [0.29, 0.717) is 11.3 Å². The molecule has 0 heterocycles. The van der Waals surface area contributed by atoms with Gasteiger partial charge < -0.3 is 15.0 Å². The van der Waals surface area contributed by atoms with Gasteiger partial charge >= 0.3 is 0 Å². The summed E-state index contributed by atoms with van der Waals surface area (Å²) in [6, 6.07) is 10.5. The Hall–Kier alpha value is -2.96. The predicted octanol–water partition coefficient (Wildman–Crippen LogP) is 3.68. The van der Waals surface area contributed by atoms with Gasteiger partial charge in [-0.1, -0.05) is 25.1 Å². The maximum absolute atomic E-state index is 14.1. The first-order valence-corrected chi connectivity index (χ1v) is 9.53. The molecular weight excluding hydrogens is 378 g/mol. The number of benzene rings is 2. The Morgan fingerprint density at radius 3 is 2.34 bits per heavy atom. The van der Waals surface area contributed by atoms with E-state index in [1.54, 1.807) is 25.1 Å². The minimum absolute atomic E-state index is 0.0502. The smallest absolute Gasteiger partial charge is 0.261 e. The van der Waals surface area contributed by atoms with Gasteiger partial charge in [-0.15, -0.1) is 0 Å². The molecule has 0 aliphatic carbocycles. The maximum atomic E-state index is 14.1. The second-order valence-electron chi connectivity index (χ2n) is 6.85. The molecule has 156 valence electrons. The monoisotopic (exact) mass is 404 g/mol. The Labute approximate surface area is 169 Å². The summed E-state index contributed by atoms with van der Waals surface area (Å²) >= 11 is 0. The van der Waals surface area contributed by atoms with Gasteiger partial charge in [0.05, 0.1) is 0 Å². The van der Waals surface area contributed by atoms with Crippen molar-refractivity contribution in [2.75, 3.05) is 6.61 Å². The molecule has 5 nitrogen and oxygen atoms in total. The van der Waals surface area contributed by atoms with Crippen molar-refractivity contribution in [3.63, 3.8) is 0 Å². The number of amides is 2. The zero-order valence-corrected chi connectivity index (χ0v) is 16.8. The largest absolute Gasteiger partial charge is 0.484 e. The van der Waals surface area contributed by atoms with Crippen molar-refractivity contribution in [1.29, 1.82) is 0 Å². The normalized spacial score (nSPS) is 12.7. The van der Waals surface area contributed by atoms with Crippen molar-refractivity contribution >= 4 is 11.8 Å². The molecule has 7 heteroatoms. The van der Waals surface area contributed by atoms with Gasteiger partial charge in [0.25, 0.3) is 5.91 Å². The van der Waals surface area contributed by atoms with Crippen LogP contribution in [0.4, 0.5) is 8.78 Å². The molecule has 0 bridgehead atoms. The number of rotatable bonds is 9. The Balaban J connectivity index is 2.15. The average Bonchev–Trinajstić information content (AvgIpc) is 2.71. The third-order valence-electron chi connectivity index (χ3n) is 4.64. The number of carbonyl (C=O) groups is 2. The Bertz CT molecular complexity index is 827. The molecule has 2 aromatic rings. The minimum atomic E-state index is -0.826. The molecule has 0 radical (unpaired) electrons. The van der Waals surface area contributed by atoms with Crippen molar-refractivity contribution in [1.82, 2.24) is 10.2 Å². The molecule has 0 aromatic heterocycles. The highest BCUT2D eigenvalue weighted by molar-refractivity contribution is 5.88. The topological polar surface area (TPSA) is 58.6 Å². The van der Waals surface area contributed by atoms with Gasteiger partial charge in [0.15, 0.2) is 6.61 Å². The molecule has 2 amide bonds. The van der Waals surface area contributed by atoms with Crippen LogP contribution in [0.1, 0.15) is 32.8 Å². The maximum Gasteiger partial charge on any atom is 0.261 e. The Morgan fingerprint density at radius 1 is 1.07 bits per heavy atom. The molecule has 1 N–H and O–H groups in total. The summed E-state index contributed by atoms with van der Waals surface area (Å²) in [5, 5.41) is 2.84. The van der Waals surface area contributed by atoms with Gasteiger partial charge in [-0.25, -0.2) is 8.78 Å². The van der Waals surface area contributed by atoms with Crippen molar-refractivity contribution in [2.45, 2.75) is 45.8 Å². The van der Waals surface area contributed by atoms with Crippen LogP contribution in [-0.4, -0.2) is 35.4 Å². The summed E-state index contributed by atoms with van der Waals surface area (Å²) < 4.78 is 32.6. The van der Waals surface area contributed by atoms with Gasteiger partial charge in [0.2, 0.25) is 5.91 Å². The van der Waals surface area contributed by atoms with Gasteiger partial charge in [-0.05, 0) is 50.6 Å². The third-order valence-corrected chi connectivity index (χ3v) is 4.64. The van der Waals surface area contributed by atoms with Gasteiger partial charge in [0.1, 0.15) is 23.4 Å². The summed E-state index contributed by atoms with van der Waals surface area (Å²) in [7, 11) is 0. The fourth-order valence-electron chi connectivity index (χ4n) is 2.62. The molecule has 2 rings (SSSR count). The van der Waals surface area contributed by atoms with Crippen LogP contribution in [0.5, 0.6) is 5.75 Å². The average molecular weight is 404 g/mol. The van der Waals surface area contributed by atoms with Crippen molar-refractivity contribution in [3.05, 3.63) is 65.7 Å². The molecule has 2 aromatic carbocycles. The van der Waals surface area contributed by atoms with Gasteiger partial charge in [-0.2, -0.15) is 0 Å². The van der Waals surface area contributed by atoms with Crippen LogP contribution >= 0.6 is 0 Å². The fraction of sp³-hybridized carbons (Fsp3) is 0.364. The number of ether oxygens (including phenoxy) is 1. The molecule has 2 atom stereocenters. The molecule has 0 unspecified atom stereocenters. The highest BCUT2D eigenvalue weighted by atomic mass is 19.1. The first-order chi connectivity index (χ1) is 13.8. The molecule has 29 heavy (non-hydrogen) atoms. The zero-order chi connectivity index (χ0) is 21.4. The minimum Gasteiger partial charge on any atom is -0.484 e. The quantitative estimate of drug-likeness (QED) is 0.694. The van der Waals surface area contributed by atoms with E-state index < -0.39 is 23.6 Å². The Morgan fingerprint density at radius 2 is 1.72 bits per heavy atom. The number of nitrogens with one attached hydrogen (secondary N) is 1. The summed E-state index contributed by atoms with van der Waals surface area (Å²) in [6.45, 7) is 4.96. The van der Waals surface area contributed by atoms with E-state index in [4.69, 9.17) is 4.74 Å². The second-order valence-corrected chi connectivity index (χ2v) is 6.85. The second kappa shape index (κ2) is 10.5. The molecule has 0 saturated heterocycles. The lowest BCUT2D eigenvalue weighted by Crippen LogP contribution is -2.50.